The quantitative estimate of drug-likeness (QED) is 0.907. The Bertz CT molecular complexity index is 556. The Hall–Kier alpha value is -0.620. The van der Waals surface area contributed by atoms with Gasteiger partial charge in [-0.25, -0.2) is 8.42 Å². The fourth-order valence-corrected chi connectivity index (χ4v) is 4.10. The van der Waals surface area contributed by atoms with Crippen LogP contribution in [0.3, 0.4) is 0 Å². The van der Waals surface area contributed by atoms with Gasteiger partial charge in [0.15, 0.2) is 0 Å². The highest BCUT2D eigenvalue weighted by Gasteiger charge is 2.32. The number of benzene rings is 1. The van der Waals surface area contributed by atoms with E-state index in [1.165, 1.54) is 4.31 Å². The van der Waals surface area contributed by atoms with Crippen molar-refractivity contribution in [1.29, 1.82) is 0 Å². The highest BCUT2D eigenvalue weighted by molar-refractivity contribution is 7.89. The van der Waals surface area contributed by atoms with E-state index in [9.17, 15) is 8.42 Å². The lowest BCUT2D eigenvalue weighted by atomic mass is 9.94. The van der Waals surface area contributed by atoms with Crippen molar-refractivity contribution >= 4 is 21.6 Å². The molecule has 1 aliphatic rings. The van der Waals surface area contributed by atoms with Gasteiger partial charge in [-0.2, -0.15) is 4.31 Å². The zero-order chi connectivity index (χ0) is 14.0. The van der Waals surface area contributed by atoms with Gasteiger partial charge >= 0.3 is 0 Å². The second-order valence-electron chi connectivity index (χ2n) is 4.90. The van der Waals surface area contributed by atoms with Crippen molar-refractivity contribution in [2.24, 2.45) is 0 Å². The molecule has 4 nitrogen and oxygen atoms in total. The molecule has 0 aromatic heterocycles. The predicted molar refractivity (Wildman–Crippen MR) is 76.8 cm³/mol. The van der Waals surface area contributed by atoms with Crippen LogP contribution in [0.4, 0.5) is 0 Å². The molecule has 1 aromatic rings. The van der Waals surface area contributed by atoms with E-state index < -0.39 is 10.0 Å². The summed E-state index contributed by atoms with van der Waals surface area (Å²) in [4.78, 5) is 0.205. The van der Waals surface area contributed by atoms with E-state index >= 15 is 0 Å². The summed E-state index contributed by atoms with van der Waals surface area (Å²) in [6, 6.07) is 5.26. The van der Waals surface area contributed by atoms with Gasteiger partial charge in [0.2, 0.25) is 10.0 Å². The van der Waals surface area contributed by atoms with Crippen LogP contribution in [0, 0.1) is 0 Å². The van der Waals surface area contributed by atoms with Crippen molar-refractivity contribution in [3.8, 4) is 0 Å². The molecule has 1 fully saturated rings. The number of nitrogens with one attached hydrogen (secondary N) is 1. The monoisotopic (exact) mass is 302 g/mol. The topological polar surface area (TPSA) is 49.4 Å². The van der Waals surface area contributed by atoms with Gasteiger partial charge in [0.25, 0.3) is 0 Å². The fraction of sp³-hybridized carbons (Fsp3) is 0.538. The van der Waals surface area contributed by atoms with E-state index in [1.54, 1.807) is 19.2 Å². The Morgan fingerprint density at radius 3 is 2.63 bits per heavy atom. The third-order valence-corrected chi connectivity index (χ3v) is 6.01. The number of nitrogens with zero attached hydrogens (tertiary/aromatic N) is 1. The van der Waals surface area contributed by atoms with Gasteiger partial charge in [-0.15, -0.1) is 0 Å². The summed E-state index contributed by atoms with van der Waals surface area (Å²) in [5, 5.41) is 3.29. The molecule has 1 aromatic carbocycles. The molecule has 0 unspecified atom stereocenters. The van der Waals surface area contributed by atoms with Crippen molar-refractivity contribution in [2.75, 3.05) is 14.1 Å². The Morgan fingerprint density at radius 1 is 1.42 bits per heavy atom. The van der Waals surface area contributed by atoms with Crippen LogP contribution < -0.4 is 5.32 Å². The van der Waals surface area contributed by atoms with Crippen molar-refractivity contribution in [3.63, 3.8) is 0 Å². The molecule has 0 bridgehead atoms. The molecular formula is C13H19ClN2O2S. The maximum absolute atomic E-state index is 12.6. The summed E-state index contributed by atoms with van der Waals surface area (Å²) in [6.07, 6.45) is 2.96. The number of hydrogen-bond donors (Lipinski definition) is 1. The second kappa shape index (κ2) is 5.79. The first-order valence-electron chi connectivity index (χ1n) is 6.38. The van der Waals surface area contributed by atoms with Crippen molar-refractivity contribution < 1.29 is 8.42 Å². The summed E-state index contributed by atoms with van der Waals surface area (Å²) in [5.74, 6) is 0. The van der Waals surface area contributed by atoms with Crippen LogP contribution in [0.25, 0.3) is 0 Å². The second-order valence-corrected chi connectivity index (χ2v) is 7.27. The summed E-state index contributed by atoms with van der Waals surface area (Å²) in [6.45, 7) is 0.618. The zero-order valence-corrected chi connectivity index (χ0v) is 12.8. The van der Waals surface area contributed by atoms with E-state index in [0.29, 0.717) is 6.54 Å². The lowest BCUT2D eigenvalue weighted by Crippen LogP contribution is -2.41. The van der Waals surface area contributed by atoms with Crippen LogP contribution >= 0.6 is 11.6 Å². The zero-order valence-electron chi connectivity index (χ0n) is 11.2. The molecule has 6 heteroatoms. The minimum absolute atomic E-state index is 0.119. The summed E-state index contributed by atoms with van der Waals surface area (Å²) < 4.78 is 26.6. The summed E-state index contributed by atoms with van der Waals surface area (Å²) in [5.41, 5.74) is 0.910. The number of hydrogen-bond acceptors (Lipinski definition) is 3. The molecule has 1 saturated carbocycles. The van der Waals surface area contributed by atoms with Gasteiger partial charge in [0, 0.05) is 19.6 Å². The molecule has 0 radical (unpaired) electrons. The van der Waals surface area contributed by atoms with E-state index in [1.807, 2.05) is 13.1 Å². The first-order valence-corrected chi connectivity index (χ1v) is 8.19. The molecule has 0 saturated heterocycles. The van der Waals surface area contributed by atoms with Crippen LogP contribution in [0.2, 0.25) is 5.02 Å². The Morgan fingerprint density at radius 2 is 2.11 bits per heavy atom. The maximum Gasteiger partial charge on any atom is 0.244 e. The van der Waals surface area contributed by atoms with Gasteiger partial charge in [0.05, 0.1) is 5.02 Å². The lowest BCUT2D eigenvalue weighted by molar-refractivity contribution is 0.249. The van der Waals surface area contributed by atoms with Crippen molar-refractivity contribution in [3.05, 3.63) is 28.8 Å². The van der Waals surface area contributed by atoms with Crippen LogP contribution in [0.1, 0.15) is 24.8 Å². The van der Waals surface area contributed by atoms with E-state index in [-0.39, 0.29) is 16.0 Å². The van der Waals surface area contributed by atoms with E-state index in [0.717, 1.165) is 24.8 Å². The number of rotatable bonds is 5. The average Bonchev–Trinajstić information content (AvgIpc) is 2.29. The largest absolute Gasteiger partial charge is 0.316 e. The van der Waals surface area contributed by atoms with Gasteiger partial charge in [-0.05, 0) is 37.6 Å². The van der Waals surface area contributed by atoms with E-state index in [2.05, 4.69) is 5.32 Å². The standard InChI is InChI=1S/C13H19ClN2O2S/c1-15-9-10-6-7-12(14)13(8-10)19(17,18)16(2)11-4-3-5-11/h6-8,11,15H,3-5,9H2,1-2H3. The molecular weight excluding hydrogens is 284 g/mol. The van der Waals surface area contributed by atoms with Crippen LogP contribution in [-0.4, -0.2) is 32.9 Å². The van der Waals surface area contributed by atoms with Gasteiger partial charge < -0.3 is 5.32 Å². The summed E-state index contributed by atoms with van der Waals surface area (Å²) in [7, 11) is -0.0351. The third-order valence-electron chi connectivity index (χ3n) is 3.62. The molecule has 0 amide bonds. The summed E-state index contributed by atoms with van der Waals surface area (Å²) >= 11 is 6.06. The molecule has 0 atom stereocenters. The molecule has 1 aliphatic carbocycles. The minimum Gasteiger partial charge on any atom is -0.316 e. The highest BCUT2D eigenvalue weighted by atomic mass is 35.5. The molecule has 0 heterocycles. The number of sulfonamides is 1. The SMILES string of the molecule is CNCc1ccc(Cl)c(S(=O)(=O)N(C)C2CCC2)c1. The molecule has 0 aliphatic heterocycles. The van der Waals surface area contributed by atoms with Crippen molar-refractivity contribution in [2.45, 2.75) is 36.7 Å². The Kier molecular flexibility index (Phi) is 4.50. The minimum atomic E-state index is -3.50. The smallest absolute Gasteiger partial charge is 0.244 e. The van der Waals surface area contributed by atoms with Crippen LogP contribution in [0.15, 0.2) is 23.1 Å². The van der Waals surface area contributed by atoms with Gasteiger partial charge in [-0.3, -0.25) is 0 Å². The molecule has 1 N–H and O–H groups in total. The fourth-order valence-electron chi connectivity index (χ4n) is 2.16. The van der Waals surface area contributed by atoms with E-state index in [4.69, 9.17) is 11.6 Å². The highest BCUT2D eigenvalue weighted by Crippen LogP contribution is 2.31. The molecule has 2 rings (SSSR count). The van der Waals surface area contributed by atoms with Crippen LogP contribution in [0.5, 0.6) is 0 Å². The third kappa shape index (κ3) is 2.94. The first-order chi connectivity index (χ1) is 8.96. The number of halogens is 1. The first kappa shape index (κ1) is 14.8. The molecule has 106 valence electrons. The average molecular weight is 303 g/mol. The maximum atomic E-state index is 12.6. The van der Waals surface area contributed by atoms with Crippen molar-refractivity contribution in [1.82, 2.24) is 9.62 Å². The van der Waals surface area contributed by atoms with Crippen LogP contribution in [-0.2, 0) is 16.6 Å². The van der Waals surface area contributed by atoms with Gasteiger partial charge in [-0.1, -0.05) is 24.1 Å². The normalized spacial score (nSPS) is 16.6. The van der Waals surface area contributed by atoms with Gasteiger partial charge in [0.1, 0.15) is 4.90 Å². The molecule has 0 spiro atoms. The molecule has 19 heavy (non-hydrogen) atoms. The Labute approximate surface area is 119 Å². The predicted octanol–water partition coefficient (Wildman–Crippen LogP) is 2.23. The lowest BCUT2D eigenvalue weighted by Gasteiger charge is -2.34. The Balaban J connectivity index is 2.35.